The first kappa shape index (κ1) is 15.4. The zero-order valence-corrected chi connectivity index (χ0v) is 12.6. The van der Waals surface area contributed by atoms with E-state index in [1.807, 2.05) is 6.07 Å². The van der Waals surface area contributed by atoms with E-state index in [-0.39, 0.29) is 0 Å². The number of thioether (sulfide) groups is 1. The van der Waals surface area contributed by atoms with Crippen molar-refractivity contribution >= 4 is 41.0 Å². The van der Waals surface area contributed by atoms with E-state index in [4.69, 9.17) is 23.2 Å². The molecule has 0 atom stereocenters. The summed E-state index contributed by atoms with van der Waals surface area (Å²) in [6, 6.07) is 8.79. The van der Waals surface area contributed by atoms with Crippen LogP contribution in [0.15, 0.2) is 41.8 Å². The van der Waals surface area contributed by atoms with E-state index in [2.05, 4.69) is 0 Å². The normalized spacial score (nSPS) is 11.2. The van der Waals surface area contributed by atoms with E-state index in [0.29, 0.717) is 21.4 Å². The lowest BCUT2D eigenvalue weighted by Crippen LogP contribution is -1.83. The highest BCUT2D eigenvalue weighted by atomic mass is 35.5. The molecule has 0 saturated carbocycles. The zero-order valence-electron chi connectivity index (χ0n) is 10.2. The van der Waals surface area contributed by atoms with Crippen molar-refractivity contribution in [2.45, 2.75) is 5.75 Å². The summed E-state index contributed by atoms with van der Waals surface area (Å²) in [6.07, 6.45) is 1.60. The minimum absolute atomic E-state index is 0.348. The molecular weight excluding hydrogens is 321 g/mol. The van der Waals surface area contributed by atoms with Gasteiger partial charge in [0.05, 0.1) is 0 Å². The molecular formula is C15H10Cl2F2S. The molecule has 2 rings (SSSR count). The Balaban J connectivity index is 1.97. The summed E-state index contributed by atoms with van der Waals surface area (Å²) in [5, 5.41) is 2.94. The molecule has 0 nitrogen and oxygen atoms in total. The minimum atomic E-state index is -0.583. The summed E-state index contributed by atoms with van der Waals surface area (Å²) in [5.41, 5.74) is 1.30. The third kappa shape index (κ3) is 4.23. The molecule has 0 amide bonds. The van der Waals surface area contributed by atoms with Gasteiger partial charge in [0.2, 0.25) is 0 Å². The number of rotatable bonds is 4. The molecule has 0 saturated heterocycles. The Bertz CT molecular complexity index is 642. The van der Waals surface area contributed by atoms with Crippen LogP contribution >= 0.6 is 35.0 Å². The van der Waals surface area contributed by atoms with Gasteiger partial charge in [0, 0.05) is 27.4 Å². The van der Waals surface area contributed by atoms with Crippen LogP contribution in [0.1, 0.15) is 11.1 Å². The molecule has 0 aliphatic rings. The summed E-state index contributed by atoms with van der Waals surface area (Å²) < 4.78 is 26.1. The lowest BCUT2D eigenvalue weighted by atomic mass is 10.2. The van der Waals surface area contributed by atoms with Crippen LogP contribution in [0.3, 0.4) is 0 Å². The highest BCUT2D eigenvalue weighted by Gasteiger charge is 2.02. The third-order valence-electron chi connectivity index (χ3n) is 2.56. The second-order valence-corrected chi connectivity index (χ2v) is 5.75. The summed E-state index contributed by atoms with van der Waals surface area (Å²) in [7, 11) is 0. The Morgan fingerprint density at radius 3 is 2.55 bits per heavy atom. The summed E-state index contributed by atoms with van der Waals surface area (Å²) in [5.74, 6) is -0.512. The molecule has 0 bridgehead atoms. The summed E-state index contributed by atoms with van der Waals surface area (Å²) in [4.78, 5) is 0. The minimum Gasteiger partial charge on any atom is -0.207 e. The molecule has 0 unspecified atom stereocenters. The monoisotopic (exact) mass is 330 g/mol. The fourth-order valence-electron chi connectivity index (χ4n) is 1.53. The van der Waals surface area contributed by atoms with Gasteiger partial charge in [-0.25, -0.2) is 8.78 Å². The number of hydrogen-bond donors (Lipinski definition) is 0. The van der Waals surface area contributed by atoms with E-state index in [1.54, 1.807) is 23.6 Å². The highest BCUT2D eigenvalue weighted by molar-refractivity contribution is 8.01. The molecule has 5 heteroatoms. The summed E-state index contributed by atoms with van der Waals surface area (Å²) in [6.45, 7) is 0. The van der Waals surface area contributed by atoms with Crippen LogP contribution in [-0.4, -0.2) is 0 Å². The smallest absolute Gasteiger partial charge is 0.133 e. The SMILES string of the molecule is Fc1ccc(/C=C\SCc2ccc(Cl)cc2Cl)c(F)c1. The Morgan fingerprint density at radius 1 is 1.05 bits per heavy atom. The lowest BCUT2D eigenvalue weighted by Gasteiger charge is -2.02. The van der Waals surface area contributed by atoms with Gasteiger partial charge in [-0.05, 0) is 41.3 Å². The molecule has 0 heterocycles. The van der Waals surface area contributed by atoms with Gasteiger partial charge in [-0.3, -0.25) is 0 Å². The van der Waals surface area contributed by atoms with E-state index in [9.17, 15) is 8.78 Å². The van der Waals surface area contributed by atoms with Crippen molar-refractivity contribution < 1.29 is 8.78 Å². The molecule has 104 valence electrons. The maximum absolute atomic E-state index is 13.4. The molecule has 0 aliphatic heterocycles. The van der Waals surface area contributed by atoms with Crippen LogP contribution in [0.25, 0.3) is 6.08 Å². The first-order valence-electron chi connectivity index (χ1n) is 5.73. The van der Waals surface area contributed by atoms with Crippen molar-refractivity contribution in [3.63, 3.8) is 0 Å². The maximum atomic E-state index is 13.4. The number of benzene rings is 2. The van der Waals surface area contributed by atoms with E-state index < -0.39 is 11.6 Å². The van der Waals surface area contributed by atoms with Crippen molar-refractivity contribution in [1.29, 1.82) is 0 Å². The number of hydrogen-bond acceptors (Lipinski definition) is 1. The lowest BCUT2D eigenvalue weighted by molar-refractivity contribution is 0.581. The van der Waals surface area contributed by atoms with Crippen LogP contribution in [-0.2, 0) is 5.75 Å². The molecule has 2 aromatic carbocycles. The molecule has 0 aliphatic carbocycles. The zero-order chi connectivity index (χ0) is 14.5. The largest absolute Gasteiger partial charge is 0.207 e. The molecule has 0 N–H and O–H groups in total. The van der Waals surface area contributed by atoms with Gasteiger partial charge < -0.3 is 0 Å². The van der Waals surface area contributed by atoms with Crippen molar-refractivity contribution in [1.82, 2.24) is 0 Å². The van der Waals surface area contributed by atoms with Crippen molar-refractivity contribution in [3.05, 3.63) is 74.6 Å². The van der Waals surface area contributed by atoms with Crippen molar-refractivity contribution in [3.8, 4) is 0 Å². The van der Waals surface area contributed by atoms with Crippen LogP contribution in [0.5, 0.6) is 0 Å². The number of halogens is 4. The van der Waals surface area contributed by atoms with Crippen LogP contribution in [0.2, 0.25) is 10.0 Å². The van der Waals surface area contributed by atoms with Gasteiger partial charge in [-0.15, -0.1) is 11.8 Å². The Kier molecular flexibility index (Phi) is 5.46. The molecule has 20 heavy (non-hydrogen) atoms. The van der Waals surface area contributed by atoms with E-state index >= 15 is 0 Å². The first-order chi connectivity index (χ1) is 9.56. The fraction of sp³-hybridized carbons (Fsp3) is 0.0667. The standard InChI is InChI=1S/C15H10Cl2F2S/c16-12-3-1-11(14(17)7-12)9-20-6-5-10-2-4-13(18)8-15(10)19/h1-8H,9H2/b6-5-. The fourth-order valence-corrected chi connectivity index (χ4v) is 2.86. The molecule has 0 fully saturated rings. The molecule has 0 aromatic heterocycles. The van der Waals surface area contributed by atoms with Gasteiger partial charge in [0.25, 0.3) is 0 Å². The first-order valence-corrected chi connectivity index (χ1v) is 7.54. The van der Waals surface area contributed by atoms with Crippen LogP contribution in [0, 0.1) is 11.6 Å². The van der Waals surface area contributed by atoms with Gasteiger partial charge in [-0.2, -0.15) is 0 Å². The quantitative estimate of drug-likeness (QED) is 0.645. The van der Waals surface area contributed by atoms with Gasteiger partial charge in [0.15, 0.2) is 0 Å². The second kappa shape index (κ2) is 7.11. The Labute approximate surface area is 130 Å². The maximum Gasteiger partial charge on any atom is 0.133 e. The van der Waals surface area contributed by atoms with E-state index in [0.717, 1.165) is 11.6 Å². The Hall–Kier alpha value is -1.03. The predicted molar refractivity (Wildman–Crippen MR) is 83.1 cm³/mol. The molecule has 0 spiro atoms. The molecule has 0 radical (unpaired) electrons. The third-order valence-corrected chi connectivity index (χ3v) is 3.95. The van der Waals surface area contributed by atoms with Gasteiger partial charge >= 0.3 is 0 Å². The predicted octanol–water partition coefficient (Wildman–Crippen LogP) is 6.18. The van der Waals surface area contributed by atoms with Gasteiger partial charge in [-0.1, -0.05) is 29.3 Å². The second-order valence-electron chi connectivity index (χ2n) is 4.02. The van der Waals surface area contributed by atoms with Crippen molar-refractivity contribution in [2.75, 3.05) is 0 Å². The van der Waals surface area contributed by atoms with Crippen LogP contribution in [0.4, 0.5) is 8.78 Å². The Morgan fingerprint density at radius 2 is 1.85 bits per heavy atom. The highest BCUT2D eigenvalue weighted by Crippen LogP contribution is 2.25. The average molecular weight is 331 g/mol. The van der Waals surface area contributed by atoms with E-state index in [1.165, 1.54) is 23.9 Å². The average Bonchev–Trinajstić information content (AvgIpc) is 2.39. The summed E-state index contributed by atoms with van der Waals surface area (Å²) >= 11 is 13.3. The van der Waals surface area contributed by atoms with Crippen LogP contribution < -0.4 is 0 Å². The topological polar surface area (TPSA) is 0 Å². The van der Waals surface area contributed by atoms with Crippen molar-refractivity contribution in [2.24, 2.45) is 0 Å². The van der Waals surface area contributed by atoms with Gasteiger partial charge in [0.1, 0.15) is 11.6 Å². The molecule has 2 aromatic rings.